The molecule has 3 unspecified atom stereocenters. The van der Waals surface area contributed by atoms with E-state index < -0.39 is 6.10 Å². The summed E-state index contributed by atoms with van der Waals surface area (Å²) in [6, 6.07) is 6.89. The largest absolute Gasteiger partial charge is 0.391 e. The van der Waals surface area contributed by atoms with Gasteiger partial charge < -0.3 is 20.5 Å². The number of benzene rings is 1. The molecule has 1 aliphatic carbocycles. The molecule has 2 amide bonds. The van der Waals surface area contributed by atoms with Gasteiger partial charge in [0.1, 0.15) is 0 Å². The molecule has 21 heavy (non-hydrogen) atoms. The number of nitrogens with one attached hydrogen (secondary N) is 2. The van der Waals surface area contributed by atoms with E-state index in [0.29, 0.717) is 11.6 Å². The van der Waals surface area contributed by atoms with E-state index in [0.717, 1.165) is 24.8 Å². The van der Waals surface area contributed by atoms with Crippen molar-refractivity contribution in [3.8, 4) is 0 Å². The number of urea groups is 1. The highest BCUT2D eigenvalue weighted by Crippen LogP contribution is 2.19. The van der Waals surface area contributed by atoms with E-state index in [4.69, 9.17) is 16.3 Å². The zero-order valence-electron chi connectivity index (χ0n) is 12.0. The molecular weight excluding hydrogens is 292 g/mol. The van der Waals surface area contributed by atoms with Gasteiger partial charge in [-0.1, -0.05) is 23.7 Å². The summed E-state index contributed by atoms with van der Waals surface area (Å²) in [6.07, 6.45) is 1.83. The Bertz CT molecular complexity index is 466. The molecule has 1 saturated carbocycles. The molecule has 1 aliphatic rings. The number of halogens is 1. The third-order valence-corrected chi connectivity index (χ3v) is 4.02. The highest BCUT2D eigenvalue weighted by Gasteiger charge is 2.26. The second kappa shape index (κ2) is 7.64. The van der Waals surface area contributed by atoms with E-state index in [9.17, 15) is 9.90 Å². The molecule has 0 saturated heterocycles. The Morgan fingerprint density at radius 2 is 2.14 bits per heavy atom. The van der Waals surface area contributed by atoms with E-state index in [1.807, 2.05) is 12.1 Å². The van der Waals surface area contributed by atoms with Crippen LogP contribution in [0.2, 0.25) is 5.02 Å². The summed E-state index contributed by atoms with van der Waals surface area (Å²) in [5.41, 5.74) is 0.947. The fraction of sp³-hybridized carbons (Fsp3) is 0.533. The van der Waals surface area contributed by atoms with E-state index >= 15 is 0 Å². The molecule has 0 aliphatic heterocycles. The molecule has 116 valence electrons. The minimum absolute atomic E-state index is 0.151. The lowest BCUT2D eigenvalue weighted by atomic mass is 10.1. The van der Waals surface area contributed by atoms with Gasteiger partial charge in [0, 0.05) is 18.7 Å². The number of carbonyl (C=O) groups is 1. The van der Waals surface area contributed by atoms with Gasteiger partial charge in [0.15, 0.2) is 0 Å². The van der Waals surface area contributed by atoms with Gasteiger partial charge in [-0.25, -0.2) is 4.79 Å². The molecule has 0 spiro atoms. The minimum atomic E-state index is -0.440. The molecule has 5 nitrogen and oxygen atoms in total. The number of carbonyl (C=O) groups excluding carboxylic acids is 1. The number of rotatable bonds is 5. The zero-order chi connectivity index (χ0) is 15.2. The van der Waals surface area contributed by atoms with Gasteiger partial charge >= 0.3 is 6.03 Å². The van der Waals surface area contributed by atoms with Gasteiger partial charge in [-0.05, 0) is 37.0 Å². The highest BCUT2D eigenvalue weighted by molar-refractivity contribution is 6.30. The number of aliphatic hydroxyl groups is 1. The first-order valence-electron chi connectivity index (χ1n) is 7.11. The lowest BCUT2D eigenvalue weighted by molar-refractivity contribution is 0.103. The number of amides is 2. The van der Waals surface area contributed by atoms with Gasteiger partial charge in [0.05, 0.1) is 18.2 Å². The monoisotopic (exact) mass is 312 g/mol. The third-order valence-electron chi connectivity index (χ3n) is 3.77. The molecule has 0 aromatic heterocycles. The summed E-state index contributed by atoms with van der Waals surface area (Å²) in [7, 11) is 1.60. The van der Waals surface area contributed by atoms with Gasteiger partial charge in [-0.15, -0.1) is 0 Å². The highest BCUT2D eigenvalue weighted by atomic mass is 35.5. The average molecular weight is 313 g/mol. The van der Waals surface area contributed by atoms with Crippen LogP contribution in [-0.4, -0.2) is 36.9 Å². The number of methoxy groups -OCH3 is 1. The zero-order valence-corrected chi connectivity index (χ0v) is 12.8. The lowest BCUT2D eigenvalue weighted by Gasteiger charge is -2.20. The number of hydrogen-bond acceptors (Lipinski definition) is 3. The topological polar surface area (TPSA) is 70.6 Å². The van der Waals surface area contributed by atoms with Crippen LogP contribution in [0.15, 0.2) is 24.3 Å². The van der Waals surface area contributed by atoms with Crippen molar-refractivity contribution in [1.82, 2.24) is 10.6 Å². The van der Waals surface area contributed by atoms with Crippen molar-refractivity contribution < 1.29 is 14.6 Å². The molecule has 3 N–H and O–H groups in total. The Morgan fingerprint density at radius 1 is 1.43 bits per heavy atom. The maximum Gasteiger partial charge on any atom is 0.315 e. The summed E-state index contributed by atoms with van der Waals surface area (Å²) < 4.78 is 5.38. The van der Waals surface area contributed by atoms with Crippen LogP contribution >= 0.6 is 11.6 Å². The molecule has 1 aromatic carbocycles. The van der Waals surface area contributed by atoms with Crippen LogP contribution in [0.4, 0.5) is 4.79 Å². The Hall–Kier alpha value is -1.30. The Balaban J connectivity index is 1.82. The van der Waals surface area contributed by atoms with Gasteiger partial charge in [0.25, 0.3) is 0 Å². The Kier molecular flexibility index (Phi) is 5.85. The molecule has 0 bridgehead atoms. The average Bonchev–Trinajstić information content (AvgIpc) is 2.87. The summed E-state index contributed by atoms with van der Waals surface area (Å²) >= 11 is 5.85. The summed E-state index contributed by atoms with van der Waals surface area (Å²) in [5, 5.41) is 15.9. The second-order valence-electron chi connectivity index (χ2n) is 5.24. The van der Waals surface area contributed by atoms with Crippen LogP contribution in [0.25, 0.3) is 0 Å². The van der Waals surface area contributed by atoms with Crippen molar-refractivity contribution in [1.29, 1.82) is 0 Å². The number of hydrogen-bond donors (Lipinski definition) is 3. The maximum atomic E-state index is 11.8. The van der Waals surface area contributed by atoms with Crippen LogP contribution < -0.4 is 10.6 Å². The summed E-state index contributed by atoms with van der Waals surface area (Å²) in [6.45, 7) is 0.354. The molecule has 1 aromatic rings. The van der Waals surface area contributed by atoms with Crippen LogP contribution in [0.1, 0.15) is 30.9 Å². The van der Waals surface area contributed by atoms with E-state index in [1.165, 1.54) is 0 Å². The molecule has 1 fully saturated rings. The molecule has 3 atom stereocenters. The maximum absolute atomic E-state index is 11.8. The van der Waals surface area contributed by atoms with E-state index in [-0.39, 0.29) is 18.2 Å². The van der Waals surface area contributed by atoms with Gasteiger partial charge in [-0.2, -0.15) is 0 Å². The van der Waals surface area contributed by atoms with Crippen molar-refractivity contribution in [3.05, 3.63) is 34.9 Å². The van der Waals surface area contributed by atoms with Crippen LogP contribution in [0.3, 0.4) is 0 Å². The van der Waals surface area contributed by atoms with Gasteiger partial charge in [0.2, 0.25) is 0 Å². The molecule has 6 heteroatoms. The fourth-order valence-electron chi connectivity index (χ4n) is 2.53. The first kappa shape index (κ1) is 16.1. The van der Waals surface area contributed by atoms with Gasteiger partial charge in [-0.3, -0.25) is 0 Å². The normalized spacial score (nSPS) is 22.8. The SMILES string of the molecule is COC(CNC(=O)NC1CCCC1O)c1ccc(Cl)cc1. The minimum Gasteiger partial charge on any atom is -0.391 e. The van der Waals surface area contributed by atoms with E-state index in [1.54, 1.807) is 19.2 Å². The first-order chi connectivity index (χ1) is 10.1. The standard InChI is InChI=1S/C15H21ClN2O3/c1-21-14(10-5-7-11(16)8-6-10)9-17-15(20)18-12-3-2-4-13(12)19/h5-8,12-14,19H,2-4,9H2,1H3,(H2,17,18,20). The quantitative estimate of drug-likeness (QED) is 0.781. The molecule has 0 radical (unpaired) electrons. The molecule has 0 heterocycles. The Morgan fingerprint density at radius 3 is 2.71 bits per heavy atom. The Labute approximate surface area is 129 Å². The van der Waals surface area contributed by atoms with Crippen molar-refractivity contribution in [2.45, 2.75) is 37.5 Å². The number of aliphatic hydroxyl groups excluding tert-OH is 1. The number of ether oxygens (including phenoxy) is 1. The second-order valence-corrected chi connectivity index (χ2v) is 5.67. The van der Waals surface area contributed by atoms with Crippen molar-refractivity contribution in [2.24, 2.45) is 0 Å². The third kappa shape index (κ3) is 4.59. The fourth-order valence-corrected chi connectivity index (χ4v) is 2.65. The van der Waals surface area contributed by atoms with Crippen LogP contribution in [0, 0.1) is 0 Å². The predicted octanol–water partition coefficient (Wildman–Crippen LogP) is 2.24. The van der Waals surface area contributed by atoms with Crippen LogP contribution in [-0.2, 0) is 4.74 Å². The summed E-state index contributed by atoms with van der Waals surface area (Å²) in [5.74, 6) is 0. The lowest BCUT2D eigenvalue weighted by Crippen LogP contribution is -2.46. The summed E-state index contributed by atoms with van der Waals surface area (Å²) in [4.78, 5) is 11.8. The van der Waals surface area contributed by atoms with Crippen molar-refractivity contribution in [3.63, 3.8) is 0 Å². The van der Waals surface area contributed by atoms with E-state index in [2.05, 4.69) is 10.6 Å². The van der Waals surface area contributed by atoms with Crippen molar-refractivity contribution in [2.75, 3.05) is 13.7 Å². The first-order valence-corrected chi connectivity index (χ1v) is 7.48. The van der Waals surface area contributed by atoms with Crippen LogP contribution in [0.5, 0.6) is 0 Å². The van der Waals surface area contributed by atoms with Crippen molar-refractivity contribution >= 4 is 17.6 Å². The molecular formula is C15H21ClN2O3. The predicted molar refractivity (Wildman–Crippen MR) is 81.4 cm³/mol. The smallest absolute Gasteiger partial charge is 0.315 e. The molecule has 2 rings (SSSR count).